The Balaban J connectivity index is 1.67. The van der Waals surface area contributed by atoms with Crippen LogP contribution in [0.4, 0.5) is 5.13 Å². The van der Waals surface area contributed by atoms with Crippen LogP contribution in [0.25, 0.3) is 21.0 Å². The van der Waals surface area contributed by atoms with E-state index in [4.69, 9.17) is 4.74 Å². The first kappa shape index (κ1) is 16.0. The van der Waals surface area contributed by atoms with Crippen LogP contribution >= 0.6 is 11.3 Å². The Morgan fingerprint density at radius 1 is 1.00 bits per heavy atom. The molecule has 1 aliphatic rings. The zero-order valence-electron chi connectivity index (χ0n) is 14.4. The maximum atomic E-state index is 13.1. The van der Waals surface area contributed by atoms with Gasteiger partial charge in [0.25, 0.3) is 11.8 Å². The van der Waals surface area contributed by atoms with Crippen molar-refractivity contribution in [1.29, 1.82) is 0 Å². The first-order valence-corrected chi connectivity index (χ1v) is 9.43. The Kier molecular flexibility index (Phi) is 3.48. The fraction of sp³-hybridized carbons (Fsp3) is 0.0952. The molecule has 0 radical (unpaired) electrons. The van der Waals surface area contributed by atoms with Crippen molar-refractivity contribution < 1.29 is 14.3 Å². The molecule has 0 atom stereocenters. The average molecular weight is 374 g/mol. The van der Waals surface area contributed by atoms with E-state index in [0.29, 0.717) is 28.3 Å². The molecule has 5 rings (SSSR count). The minimum atomic E-state index is -0.339. The van der Waals surface area contributed by atoms with Gasteiger partial charge in [-0.2, -0.15) is 0 Å². The number of thiazole rings is 1. The van der Waals surface area contributed by atoms with Crippen LogP contribution in [0.3, 0.4) is 0 Å². The largest absolute Gasteiger partial charge is 0.494 e. The molecule has 1 aromatic heterocycles. The summed E-state index contributed by atoms with van der Waals surface area (Å²) in [6.45, 7) is 2.49. The lowest BCUT2D eigenvalue weighted by Gasteiger charge is -2.24. The molecule has 2 amide bonds. The zero-order valence-corrected chi connectivity index (χ0v) is 15.2. The molecule has 0 spiro atoms. The Hall–Kier alpha value is -3.25. The number of hydrogen-bond acceptors (Lipinski definition) is 5. The highest BCUT2D eigenvalue weighted by Gasteiger charge is 2.35. The number of fused-ring (bicyclic) bond motifs is 1. The summed E-state index contributed by atoms with van der Waals surface area (Å²) in [6.07, 6.45) is 0. The number of anilines is 1. The number of benzene rings is 3. The summed E-state index contributed by atoms with van der Waals surface area (Å²) in [6, 6.07) is 16.6. The third-order valence-corrected chi connectivity index (χ3v) is 5.63. The predicted molar refractivity (Wildman–Crippen MR) is 106 cm³/mol. The van der Waals surface area contributed by atoms with E-state index in [1.54, 1.807) is 12.1 Å². The lowest BCUT2D eigenvalue weighted by atomic mass is 9.94. The SMILES string of the molecule is CCOc1ccc2nc(N3C(=O)c4cccc5cccc(c45)C3=O)sc2c1. The van der Waals surface area contributed by atoms with Crippen molar-refractivity contribution in [2.45, 2.75) is 6.92 Å². The van der Waals surface area contributed by atoms with Crippen molar-refractivity contribution in [2.75, 3.05) is 11.5 Å². The molecule has 3 aromatic carbocycles. The van der Waals surface area contributed by atoms with Gasteiger partial charge in [0.1, 0.15) is 5.75 Å². The first-order chi connectivity index (χ1) is 13.2. The van der Waals surface area contributed by atoms with Gasteiger partial charge in [-0.05, 0) is 42.6 Å². The molecule has 0 unspecified atom stereocenters. The second kappa shape index (κ2) is 5.89. The monoisotopic (exact) mass is 374 g/mol. The highest BCUT2D eigenvalue weighted by atomic mass is 32.1. The van der Waals surface area contributed by atoms with Crippen molar-refractivity contribution in [2.24, 2.45) is 0 Å². The molecule has 5 nitrogen and oxygen atoms in total. The second-order valence-corrected chi connectivity index (χ2v) is 7.22. The number of ether oxygens (including phenoxy) is 1. The van der Waals surface area contributed by atoms with Gasteiger partial charge in [-0.3, -0.25) is 9.59 Å². The molecule has 0 N–H and O–H groups in total. The smallest absolute Gasteiger partial charge is 0.267 e. The van der Waals surface area contributed by atoms with E-state index < -0.39 is 0 Å². The van der Waals surface area contributed by atoms with Gasteiger partial charge in [-0.1, -0.05) is 35.6 Å². The molecule has 0 saturated heterocycles. The van der Waals surface area contributed by atoms with Crippen molar-refractivity contribution in [3.05, 3.63) is 65.7 Å². The molecule has 0 aliphatic carbocycles. The molecule has 4 aromatic rings. The van der Waals surface area contributed by atoms with E-state index in [9.17, 15) is 9.59 Å². The van der Waals surface area contributed by atoms with E-state index in [1.807, 2.05) is 49.4 Å². The molecular weight excluding hydrogens is 360 g/mol. The number of amides is 2. The fourth-order valence-corrected chi connectivity index (χ4v) is 4.44. The third-order valence-electron chi connectivity index (χ3n) is 4.62. The molecule has 0 bridgehead atoms. The number of carbonyl (C=O) groups excluding carboxylic acids is 2. The van der Waals surface area contributed by atoms with Gasteiger partial charge in [-0.25, -0.2) is 9.88 Å². The summed E-state index contributed by atoms with van der Waals surface area (Å²) < 4.78 is 6.40. The number of hydrogen-bond donors (Lipinski definition) is 0. The molecular formula is C21H14N2O3S. The molecule has 27 heavy (non-hydrogen) atoms. The summed E-state index contributed by atoms with van der Waals surface area (Å²) in [5.41, 5.74) is 1.78. The summed E-state index contributed by atoms with van der Waals surface area (Å²) in [5.74, 6) is 0.0633. The van der Waals surface area contributed by atoms with Gasteiger partial charge in [0.15, 0.2) is 0 Å². The van der Waals surface area contributed by atoms with Crippen LogP contribution in [-0.4, -0.2) is 23.4 Å². The van der Waals surface area contributed by atoms with Gasteiger partial charge in [0, 0.05) is 16.5 Å². The third kappa shape index (κ3) is 2.34. The van der Waals surface area contributed by atoms with Crippen LogP contribution in [0.1, 0.15) is 27.6 Å². The van der Waals surface area contributed by atoms with Crippen LogP contribution in [-0.2, 0) is 0 Å². The number of imide groups is 1. The topological polar surface area (TPSA) is 59.5 Å². The molecule has 0 saturated carbocycles. The number of aromatic nitrogens is 1. The molecule has 0 fully saturated rings. The predicted octanol–water partition coefficient (Wildman–Crippen LogP) is 4.65. The normalized spacial score (nSPS) is 13.6. The van der Waals surface area contributed by atoms with E-state index in [-0.39, 0.29) is 11.8 Å². The standard InChI is InChI=1S/C21H14N2O3S/c1-2-26-13-9-10-16-17(11-13)27-21(22-16)23-19(24)14-7-3-5-12-6-4-8-15(18(12)14)20(23)25/h3-11H,2H2,1H3. The van der Waals surface area contributed by atoms with Crippen LogP contribution in [0.5, 0.6) is 5.75 Å². The summed E-state index contributed by atoms with van der Waals surface area (Å²) in [5, 5.41) is 1.98. The van der Waals surface area contributed by atoms with Crippen molar-refractivity contribution in [3.63, 3.8) is 0 Å². The quantitative estimate of drug-likeness (QED) is 0.490. The van der Waals surface area contributed by atoms with Crippen molar-refractivity contribution in [1.82, 2.24) is 4.98 Å². The lowest BCUT2D eigenvalue weighted by Crippen LogP contribution is -2.40. The van der Waals surface area contributed by atoms with Gasteiger partial charge in [0.05, 0.1) is 16.8 Å². The number of nitrogens with zero attached hydrogens (tertiary/aromatic N) is 2. The van der Waals surface area contributed by atoms with Crippen molar-refractivity contribution >= 4 is 49.3 Å². The van der Waals surface area contributed by atoms with E-state index in [2.05, 4.69) is 4.98 Å². The fourth-order valence-electron chi connectivity index (χ4n) is 3.45. The highest BCUT2D eigenvalue weighted by Crippen LogP contribution is 2.37. The van der Waals surface area contributed by atoms with E-state index >= 15 is 0 Å². The zero-order chi connectivity index (χ0) is 18.5. The minimum Gasteiger partial charge on any atom is -0.494 e. The van der Waals surface area contributed by atoms with Crippen LogP contribution in [0, 0.1) is 0 Å². The molecule has 6 heteroatoms. The van der Waals surface area contributed by atoms with E-state index in [1.165, 1.54) is 16.2 Å². The lowest BCUT2D eigenvalue weighted by molar-refractivity contribution is 0.0893. The Labute approximate surface area is 158 Å². The van der Waals surface area contributed by atoms with Gasteiger partial charge >= 0.3 is 0 Å². The number of rotatable bonds is 3. The maximum Gasteiger partial charge on any atom is 0.267 e. The van der Waals surface area contributed by atoms with Gasteiger partial charge in [-0.15, -0.1) is 0 Å². The van der Waals surface area contributed by atoms with Crippen molar-refractivity contribution in [3.8, 4) is 5.75 Å². The average Bonchev–Trinajstić information content (AvgIpc) is 3.09. The minimum absolute atomic E-state index is 0.339. The molecule has 132 valence electrons. The highest BCUT2D eigenvalue weighted by molar-refractivity contribution is 7.22. The summed E-state index contributed by atoms with van der Waals surface area (Å²) in [7, 11) is 0. The Morgan fingerprint density at radius 2 is 1.70 bits per heavy atom. The van der Waals surface area contributed by atoms with Crippen LogP contribution < -0.4 is 9.64 Å². The van der Waals surface area contributed by atoms with Crippen LogP contribution in [0.2, 0.25) is 0 Å². The van der Waals surface area contributed by atoms with Gasteiger partial charge < -0.3 is 4.74 Å². The summed E-state index contributed by atoms with van der Waals surface area (Å²) >= 11 is 1.31. The van der Waals surface area contributed by atoms with Crippen LogP contribution in [0.15, 0.2) is 54.6 Å². The second-order valence-electron chi connectivity index (χ2n) is 6.21. The van der Waals surface area contributed by atoms with E-state index in [0.717, 1.165) is 21.4 Å². The molecule has 1 aliphatic heterocycles. The maximum absolute atomic E-state index is 13.1. The van der Waals surface area contributed by atoms with Gasteiger partial charge in [0.2, 0.25) is 5.13 Å². The Bertz CT molecular complexity index is 1190. The first-order valence-electron chi connectivity index (χ1n) is 8.61. The Morgan fingerprint density at radius 3 is 2.37 bits per heavy atom. The molecule has 2 heterocycles. The summed E-state index contributed by atoms with van der Waals surface area (Å²) in [4.78, 5) is 31.9. The number of carbonyl (C=O) groups is 2.